The number of piperazine rings is 1. The first kappa shape index (κ1) is 18.7. The van der Waals surface area contributed by atoms with Crippen molar-refractivity contribution in [1.29, 1.82) is 0 Å². The molecule has 2 fully saturated rings. The number of halogens is 1. The first-order chi connectivity index (χ1) is 14.2. The van der Waals surface area contributed by atoms with Gasteiger partial charge < -0.3 is 19.9 Å². The van der Waals surface area contributed by atoms with Crippen LogP contribution in [0.25, 0.3) is 6.08 Å². The molecule has 0 aliphatic carbocycles. The van der Waals surface area contributed by atoms with Crippen molar-refractivity contribution in [3.8, 4) is 0 Å². The van der Waals surface area contributed by atoms with E-state index in [2.05, 4.69) is 56.3 Å². The van der Waals surface area contributed by atoms with Gasteiger partial charge in [-0.1, -0.05) is 11.6 Å². The van der Waals surface area contributed by atoms with Gasteiger partial charge in [-0.05, 0) is 36.4 Å². The Hall–Kier alpha value is -2.28. The van der Waals surface area contributed by atoms with Gasteiger partial charge in [0.05, 0.1) is 37.7 Å². The van der Waals surface area contributed by atoms with E-state index in [9.17, 15) is 0 Å². The molecule has 7 heteroatoms. The Kier molecular flexibility index (Phi) is 5.08. The number of ether oxygens (including phenoxy) is 1. The second-order valence-corrected chi connectivity index (χ2v) is 8.41. The summed E-state index contributed by atoms with van der Waals surface area (Å²) >= 11 is 6.17. The summed E-state index contributed by atoms with van der Waals surface area (Å²) in [6.07, 6.45) is 4.13. The third-order valence-corrected chi connectivity index (χ3v) is 6.23. The number of rotatable bonds is 4. The SMILES string of the molecule is CN1CC(Nc2ccc(N3CCN(C4COC4)CC3)cn2)=Cc2cc(Cl)ccc21. The maximum atomic E-state index is 6.17. The van der Waals surface area contributed by atoms with Crippen LogP contribution in [-0.2, 0) is 4.74 Å². The van der Waals surface area contributed by atoms with Crippen LogP contribution in [0.5, 0.6) is 0 Å². The zero-order valence-electron chi connectivity index (χ0n) is 16.6. The van der Waals surface area contributed by atoms with Crippen LogP contribution in [0, 0.1) is 0 Å². The van der Waals surface area contributed by atoms with Crippen molar-refractivity contribution in [3.05, 3.63) is 52.8 Å². The van der Waals surface area contributed by atoms with Crippen LogP contribution in [0.15, 0.2) is 42.2 Å². The van der Waals surface area contributed by atoms with E-state index in [4.69, 9.17) is 16.3 Å². The number of pyridine rings is 1. The standard InChI is InChI=1S/C22H26ClN5O/c1-26-13-18(11-16-10-17(23)2-4-21(16)26)25-22-5-3-19(12-24-22)27-6-8-28(9-7-27)20-14-29-15-20/h2-5,10-12,20H,6-9,13-15H2,1H3,(H,24,25). The fraction of sp³-hybridized carbons (Fsp3) is 0.409. The summed E-state index contributed by atoms with van der Waals surface area (Å²) < 4.78 is 5.32. The van der Waals surface area contributed by atoms with Crippen LogP contribution in [0.4, 0.5) is 17.2 Å². The van der Waals surface area contributed by atoms with Crippen molar-refractivity contribution < 1.29 is 4.74 Å². The van der Waals surface area contributed by atoms with Crippen LogP contribution in [0.2, 0.25) is 5.02 Å². The van der Waals surface area contributed by atoms with Gasteiger partial charge in [-0.25, -0.2) is 4.98 Å². The van der Waals surface area contributed by atoms with Gasteiger partial charge in [-0.15, -0.1) is 0 Å². The molecule has 2 saturated heterocycles. The normalized spacial score (nSPS) is 20.1. The first-order valence-electron chi connectivity index (χ1n) is 10.2. The van der Waals surface area contributed by atoms with E-state index in [0.717, 1.165) is 68.0 Å². The molecule has 3 aliphatic rings. The minimum absolute atomic E-state index is 0.628. The van der Waals surface area contributed by atoms with Crippen LogP contribution in [0.3, 0.4) is 0 Å². The second kappa shape index (κ2) is 7.86. The van der Waals surface area contributed by atoms with E-state index < -0.39 is 0 Å². The molecule has 152 valence electrons. The van der Waals surface area contributed by atoms with Crippen molar-refractivity contribution in [2.24, 2.45) is 0 Å². The van der Waals surface area contributed by atoms with Crippen LogP contribution < -0.4 is 15.1 Å². The van der Waals surface area contributed by atoms with E-state index in [1.807, 2.05) is 18.3 Å². The molecule has 0 bridgehead atoms. The van der Waals surface area contributed by atoms with E-state index in [0.29, 0.717) is 6.04 Å². The topological polar surface area (TPSA) is 43.9 Å². The Morgan fingerprint density at radius 1 is 1.10 bits per heavy atom. The predicted octanol–water partition coefficient (Wildman–Crippen LogP) is 3.16. The third kappa shape index (κ3) is 3.92. The number of likely N-dealkylation sites (N-methyl/N-ethyl adjacent to an activating group) is 1. The van der Waals surface area contributed by atoms with Gasteiger partial charge >= 0.3 is 0 Å². The summed E-state index contributed by atoms with van der Waals surface area (Å²) in [6.45, 7) is 6.86. The van der Waals surface area contributed by atoms with Crippen molar-refractivity contribution in [3.63, 3.8) is 0 Å². The Bertz CT molecular complexity index is 904. The van der Waals surface area contributed by atoms with Crippen molar-refractivity contribution >= 4 is 34.9 Å². The number of hydrogen-bond donors (Lipinski definition) is 1. The molecule has 29 heavy (non-hydrogen) atoms. The molecule has 0 amide bonds. The summed E-state index contributed by atoms with van der Waals surface area (Å²) in [6, 6.07) is 10.9. The highest BCUT2D eigenvalue weighted by molar-refractivity contribution is 6.30. The summed E-state index contributed by atoms with van der Waals surface area (Å²) in [7, 11) is 2.09. The van der Waals surface area contributed by atoms with Crippen molar-refractivity contribution in [2.45, 2.75) is 6.04 Å². The zero-order chi connectivity index (χ0) is 19.8. The number of benzene rings is 1. The summed E-state index contributed by atoms with van der Waals surface area (Å²) in [4.78, 5) is 11.8. The fourth-order valence-electron chi connectivity index (χ4n) is 4.23. The monoisotopic (exact) mass is 411 g/mol. The summed E-state index contributed by atoms with van der Waals surface area (Å²) in [5.74, 6) is 0.865. The van der Waals surface area contributed by atoms with Gasteiger partial charge in [0.25, 0.3) is 0 Å². The number of fused-ring (bicyclic) bond motifs is 1. The molecule has 0 unspecified atom stereocenters. The Labute approximate surface area is 176 Å². The Morgan fingerprint density at radius 2 is 1.93 bits per heavy atom. The smallest absolute Gasteiger partial charge is 0.130 e. The molecule has 5 rings (SSSR count). The Morgan fingerprint density at radius 3 is 2.62 bits per heavy atom. The molecule has 1 aromatic heterocycles. The molecule has 6 nitrogen and oxygen atoms in total. The van der Waals surface area contributed by atoms with Gasteiger partial charge in [0.2, 0.25) is 0 Å². The maximum Gasteiger partial charge on any atom is 0.130 e. The molecule has 1 aromatic carbocycles. The minimum atomic E-state index is 0.628. The highest BCUT2D eigenvalue weighted by atomic mass is 35.5. The minimum Gasteiger partial charge on any atom is -0.378 e. The van der Waals surface area contributed by atoms with E-state index in [1.54, 1.807) is 0 Å². The number of nitrogens with one attached hydrogen (secondary N) is 1. The van der Waals surface area contributed by atoms with Crippen molar-refractivity contribution in [2.75, 3.05) is 68.1 Å². The lowest BCUT2D eigenvalue weighted by atomic mass is 10.1. The van der Waals surface area contributed by atoms with E-state index in [-0.39, 0.29) is 0 Å². The molecule has 0 radical (unpaired) electrons. The quantitative estimate of drug-likeness (QED) is 0.833. The lowest BCUT2D eigenvalue weighted by Crippen LogP contribution is -2.56. The van der Waals surface area contributed by atoms with Gasteiger partial charge in [-0.3, -0.25) is 4.90 Å². The Balaban J connectivity index is 1.23. The van der Waals surface area contributed by atoms with Crippen LogP contribution in [-0.4, -0.2) is 68.9 Å². The molecule has 0 spiro atoms. The average molecular weight is 412 g/mol. The van der Waals surface area contributed by atoms with Crippen LogP contribution in [0.1, 0.15) is 5.56 Å². The predicted molar refractivity (Wildman–Crippen MR) is 119 cm³/mol. The lowest BCUT2D eigenvalue weighted by Gasteiger charge is -2.43. The molecular weight excluding hydrogens is 386 g/mol. The number of nitrogens with zero attached hydrogens (tertiary/aromatic N) is 4. The number of anilines is 3. The van der Waals surface area contributed by atoms with Crippen LogP contribution >= 0.6 is 11.6 Å². The molecule has 0 atom stereocenters. The fourth-order valence-corrected chi connectivity index (χ4v) is 4.41. The molecule has 3 aliphatic heterocycles. The second-order valence-electron chi connectivity index (χ2n) is 7.97. The van der Waals surface area contributed by atoms with Crippen molar-refractivity contribution in [1.82, 2.24) is 9.88 Å². The van der Waals surface area contributed by atoms with Gasteiger partial charge in [-0.2, -0.15) is 0 Å². The van der Waals surface area contributed by atoms with Gasteiger partial charge in [0, 0.05) is 55.2 Å². The largest absolute Gasteiger partial charge is 0.378 e. The summed E-state index contributed by atoms with van der Waals surface area (Å²) in [5, 5.41) is 4.22. The maximum absolute atomic E-state index is 6.17. The summed E-state index contributed by atoms with van der Waals surface area (Å²) in [5.41, 5.74) is 4.61. The molecular formula is C22H26ClN5O. The van der Waals surface area contributed by atoms with E-state index >= 15 is 0 Å². The highest BCUT2D eigenvalue weighted by Gasteiger charge is 2.28. The first-order valence-corrected chi connectivity index (χ1v) is 10.5. The highest BCUT2D eigenvalue weighted by Crippen LogP contribution is 2.30. The third-order valence-electron chi connectivity index (χ3n) is 5.99. The van der Waals surface area contributed by atoms with Gasteiger partial charge in [0.1, 0.15) is 5.82 Å². The number of hydrogen-bond acceptors (Lipinski definition) is 6. The molecule has 2 aromatic rings. The zero-order valence-corrected chi connectivity index (χ0v) is 17.4. The average Bonchev–Trinajstić information content (AvgIpc) is 2.68. The number of aromatic nitrogens is 1. The van der Waals surface area contributed by atoms with Gasteiger partial charge in [0.15, 0.2) is 0 Å². The molecule has 1 N–H and O–H groups in total. The molecule has 4 heterocycles. The lowest BCUT2D eigenvalue weighted by molar-refractivity contribution is -0.0660. The van der Waals surface area contributed by atoms with E-state index in [1.165, 1.54) is 11.4 Å². The molecule has 0 saturated carbocycles.